The van der Waals surface area contributed by atoms with E-state index in [1.807, 2.05) is 6.92 Å². The number of carboxylic acid groups (broad SMARTS) is 1. The number of amides is 1. The molecule has 1 aromatic carbocycles. The second-order valence-electron chi connectivity index (χ2n) is 7.41. The van der Waals surface area contributed by atoms with E-state index in [9.17, 15) is 19.7 Å². The van der Waals surface area contributed by atoms with Gasteiger partial charge in [-0.05, 0) is 23.5 Å². The first-order valence-electron chi connectivity index (χ1n) is 8.90. The monoisotopic (exact) mass is 376 g/mol. The van der Waals surface area contributed by atoms with Crippen molar-refractivity contribution >= 4 is 19.0 Å². The van der Waals surface area contributed by atoms with Crippen LogP contribution in [0.3, 0.4) is 0 Å². The number of nitrogens with two attached hydrogens (primary N) is 1. The zero-order valence-electron chi connectivity index (χ0n) is 14.7. The molecule has 2 fully saturated rings. The maximum Gasteiger partial charge on any atom is 0.526 e. The zero-order valence-corrected chi connectivity index (χ0v) is 14.7. The van der Waals surface area contributed by atoms with Crippen molar-refractivity contribution in [1.82, 2.24) is 4.90 Å². The average molecular weight is 376 g/mol. The van der Waals surface area contributed by atoms with Crippen LogP contribution in [0.15, 0.2) is 12.1 Å². The van der Waals surface area contributed by atoms with Crippen molar-refractivity contribution in [2.24, 2.45) is 11.7 Å². The van der Waals surface area contributed by atoms with Crippen LogP contribution in [0.25, 0.3) is 0 Å². The van der Waals surface area contributed by atoms with Gasteiger partial charge in [0, 0.05) is 5.82 Å². The Hall–Kier alpha value is -2.30. The first-order chi connectivity index (χ1) is 12.8. The minimum atomic E-state index is -1.20. The molecule has 4 rings (SSSR count). The van der Waals surface area contributed by atoms with E-state index in [0.29, 0.717) is 0 Å². The number of carbonyl (C=O) groups excluding carboxylic acids is 1. The van der Waals surface area contributed by atoms with Gasteiger partial charge in [0.2, 0.25) is 5.91 Å². The van der Waals surface area contributed by atoms with Crippen molar-refractivity contribution in [2.75, 3.05) is 19.7 Å². The van der Waals surface area contributed by atoms with Gasteiger partial charge >= 0.3 is 13.1 Å². The van der Waals surface area contributed by atoms with Gasteiger partial charge in [0.1, 0.15) is 29.2 Å². The van der Waals surface area contributed by atoms with Crippen LogP contribution in [0.1, 0.15) is 28.8 Å². The van der Waals surface area contributed by atoms with Gasteiger partial charge in [-0.25, -0.2) is 4.79 Å². The molecule has 4 atom stereocenters. The number of hydrogen-bond acceptors (Lipinski definition) is 7. The van der Waals surface area contributed by atoms with E-state index in [2.05, 4.69) is 0 Å². The first-order valence-corrected chi connectivity index (χ1v) is 8.90. The third-order valence-corrected chi connectivity index (χ3v) is 5.71. The predicted molar refractivity (Wildman–Crippen MR) is 93.7 cm³/mol. The highest BCUT2D eigenvalue weighted by molar-refractivity contribution is 6.48. The molecular formula is C17H21BN2O7. The smallest absolute Gasteiger partial charge is 0.526 e. The molecule has 1 amide bonds. The molecule has 5 N–H and O–H groups in total. The number of carbonyl (C=O) groups is 2. The molecule has 2 aliphatic heterocycles. The van der Waals surface area contributed by atoms with Gasteiger partial charge in [-0.1, -0.05) is 13.0 Å². The van der Waals surface area contributed by atoms with E-state index in [1.165, 1.54) is 4.90 Å². The Bertz CT molecular complexity index is 798. The van der Waals surface area contributed by atoms with Crippen molar-refractivity contribution in [3.8, 4) is 11.5 Å². The number of aliphatic hydroxyl groups is 1. The molecule has 3 aliphatic rings. The Morgan fingerprint density at radius 2 is 2.15 bits per heavy atom. The molecule has 10 heteroatoms. The number of hydrogen-bond donors (Lipinski definition) is 4. The van der Waals surface area contributed by atoms with Crippen molar-refractivity contribution in [3.63, 3.8) is 0 Å². The predicted octanol–water partition coefficient (Wildman–Crippen LogP) is -0.730. The van der Waals surface area contributed by atoms with Gasteiger partial charge in [-0.3, -0.25) is 4.79 Å². The summed E-state index contributed by atoms with van der Waals surface area (Å²) in [7, 11) is -1.03. The summed E-state index contributed by atoms with van der Waals surface area (Å²) in [5, 5.41) is 28.7. The van der Waals surface area contributed by atoms with Crippen molar-refractivity contribution in [2.45, 2.75) is 30.8 Å². The van der Waals surface area contributed by atoms with Crippen molar-refractivity contribution in [3.05, 3.63) is 23.3 Å². The fraction of sp³-hybridized carbons (Fsp3) is 0.529. The lowest BCUT2D eigenvalue weighted by Gasteiger charge is -2.40. The number of likely N-dealkylation sites (tertiary alicyclic amines) is 1. The molecule has 9 nitrogen and oxygen atoms in total. The van der Waals surface area contributed by atoms with E-state index in [-0.39, 0.29) is 59.8 Å². The molecule has 0 spiro atoms. The molecule has 2 unspecified atom stereocenters. The molecule has 0 aromatic heterocycles. The van der Waals surface area contributed by atoms with E-state index < -0.39 is 25.7 Å². The highest BCUT2D eigenvalue weighted by Crippen LogP contribution is 2.65. The molecule has 1 aromatic rings. The lowest BCUT2D eigenvalue weighted by atomic mass is 9.76. The highest BCUT2D eigenvalue weighted by atomic mass is 16.5. The summed E-state index contributed by atoms with van der Waals surface area (Å²) in [6, 6.07) is 2.43. The molecule has 27 heavy (non-hydrogen) atoms. The van der Waals surface area contributed by atoms with Crippen LogP contribution in [0, 0.1) is 5.92 Å². The maximum absolute atomic E-state index is 11.9. The molecule has 1 aliphatic carbocycles. The highest BCUT2D eigenvalue weighted by Gasteiger charge is 2.60. The Morgan fingerprint density at radius 3 is 2.78 bits per heavy atom. The van der Waals surface area contributed by atoms with Crippen LogP contribution in [0.2, 0.25) is 5.82 Å². The van der Waals surface area contributed by atoms with Crippen LogP contribution >= 0.6 is 0 Å². The number of ether oxygens (including phenoxy) is 1. The largest absolute Gasteiger partial charge is 0.535 e. The number of aliphatic hydroxyl groups excluding tert-OH is 1. The topological polar surface area (TPSA) is 143 Å². The van der Waals surface area contributed by atoms with Gasteiger partial charge < -0.3 is 35.3 Å². The summed E-state index contributed by atoms with van der Waals surface area (Å²) >= 11 is 0. The number of benzene rings is 1. The summed E-state index contributed by atoms with van der Waals surface area (Å²) in [5.41, 5.74) is 6.18. The summed E-state index contributed by atoms with van der Waals surface area (Å²) in [6.07, 6.45) is -0.378. The lowest BCUT2D eigenvalue weighted by molar-refractivity contribution is -0.142. The normalized spacial score (nSPS) is 27.0. The first kappa shape index (κ1) is 18.1. The van der Waals surface area contributed by atoms with Crippen LogP contribution in [0.4, 0.5) is 0 Å². The lowest BCUT2D eigenvalue weighted by Crippen LogP contribution is -2.60. The number of fused-ring (bicyclic) bond motifs is 3. The van der Waals surface area contributed by atoms with Gasteiger partial charge in [0.25, 0.3) is 0 Å². The van der Waals surface area contributed by atoms with E-state index in [4.69, 9.17) is 20.2 Å². The minimum Gasteiger partial charge on any atom is -0.535 e. The third-order valence-electron chi connectivity index (χ3n) is 5.71. The molecule has 0 bridgehead atoms. The van der Waals surface area contributed by atoms with Crippen LogP contribution in [-0.2, 0) is 4.79 Å². The quantitative estimate of drug-likeness (QED) is 0.493. The Labute approximate surface area is 155 Å². The van der Waals surface area contributed by atoms with Crippen molar-refractivity contribution in [1.29, 1.82) is 0 Å². The number of aromatic carboxylic acids is 1. The molecule has 144 valence electrons. The van der Waals surface area contributed by atoms with E-state index in [0.717, 1.165) is 5.56 Å². The molecule has 1 saturated heterocycles. The zero-order chi connectivity index (χ0) is 19.5. The Kier molecular flexibility index (Phi) is 4.29. The summed E-state index contributed by atoms with van der Waals surface area (Å²) in [4.78, 5) is 25.2. The number of rotatable bonds is 5. The fourth-order valence-corrected chi connectivity index (χ4v) is 4.08. The molecule has 1 saturated carbocycles. The Morgan fingerprint density at radius 1 is 1.44 bits per heavy atom. The molecule has 2 heterocycles. The van der Waals surface area contributed by atoms with Crippen LogP contribution < -0.4 is 15.1 Å². The maximum atomic E-state index is 11.9. The van der Waals surface area contributed by atoms with Gasteiger partial charge in [-0.2, -0.15) is 0 Å². The molecule has 0 radical (unpaired) electrons. The number of nitrogens with zero attached hydrogens (tertiary/aromatic N) is 1. The minimum absolute atomic E-state index is 0.00662. The molecular weight excluding hydrogens is 355 g/mol. The van der Waals surface area contributed by atoms with Crippen LogP contribution in [0.5, 0.6) is 11.5 Å². The summed E-state index contributed by atoms with van der Waals surface area (Å²) < 4.78 is 11.3. The van der Waals surface area contributed by atoms with Gasteiger partial charge in [0.15, 0.2) is 0 Å². The SMILES string of the molecule is C[C@@H]1C2B(O)Oc3c(ccc(OC4CN(C(=O)[C@H](N)CO)C4)c3C(=O)O)C21. The summed E-state index contributed by atoms with van der Waals surface area (Å²) in [6.45, 7) is 2.08. The second-order valence-corrected chi connectivity index (χ2v) is 7.41. The third kappa shape index (κ3) is 2.84. The van der Waals surface area contributed by atoms with Crippen molar-refractivity contribution < 1.29 is 34.2 Å². The Balaban J connectivity index is 1.53. The van der Waals surface area contributed by atoms with Crippen LogP contribution in [-0.4, -0.2) is 71.0 Å². The standard InChI is InChI=1S/C17H21BN2O7/c1-7-12-9-2-3-11(13(17(23)24)15(9)27-18(25)14(7)12)26-8-4-20(5-8)16(22)10(19)6-21/h2-3,7-8,10,12,14,21,25H,4-6,19H2,1H3,(H,23,24)/t7-,10+,12?,14?/m0/s1. The second kappa shape index (κ2) is 6.40. The summed E-state index contributed by atoms with van der Waals surface area (Å²) in [5.74, 6) is -0.953. The van der Waals surface area contributed by atoms with E-state index >= 15 is 0 Å². The average Bonchev–Trinajstić information content (AvgIpc) is 3.28. The van der Waals surface area contributed by atoms with E-state index in [1.54, 1.807) is 12.1 Å². The number of carboxylic acids is 1. The fourth-order valence-electron chi connectivity index (χ4n) is 4.08. The van der Waals surface area contributed by atoms with Gasteiger partial charge in [0.05, 0.1) is 19.7 Å². The van der Waals surface area contributed by atoms with Gasteiger partial charge in [-0.15, -0.1) is 0 Å².